The minimum Gasteiger partial charge on any atom is -0.378 e. The fourth-order valence-corrected chi connectivity index (χ4v) is 7.41. The minimum absolute atomic E-state index is 0.00772. The number of halogens is 1. The molecule has 0 aliphatic carbocycles. The van der Waals surface area contributed by atoms with Gasteiger partial charge in [-0.1, -0.05) is 78.3 Å². The molecule has 4 aromatic carbocycles. The van der Waals surface area contributed by atoms with E-state index >= 15 is 0 Å². The summed E-state index contributed by atoms with van der Waals surface area (Å²) >= 11 is 6.42. The summed E-state index contributed by atoms with van der Waals surface area (Å²) in [6.07, 6.45) is 0.802. The van der Waals surface area contributed by atoms with Gasteiger partial charge in [0.05, 0.1) is 19.6 Å². The van der Waals surface area contributed by atoms with Gasteiger partial charge >= 0.3 is 0 Å². The van der Waals surface area contributed by atoms with E-state index in [1.165, 1.54) is 4.90 Å². The molecule has 0 bridgehead atoms. The molecule has 6 rings (SSSR count). The first-order valence-electron chi connectivity index (χ1n) is 18.0. The van der Waals surface area contributed by atoms with Crippen LogP contribution in [0, 0.1) is 0 Å². The monoisotopic (exact) mass is 737 g/mol. The third-order valence-electron chi connectivity index (χ3n) is 10.0. The molecule has 53 heavy (non-hydrogen) atoms. The fourth-order valence-electron chi connectivity index (χ4n) is 7.21. The van der Waals surface area contributed by atoms with Gasteiger partial charge < -0.3 is 30.5 Å². The van der Waals surface area contributed by atoms with Crippen LogP contribution in [0.25, 0.3) is 10.8 Å². The molecule has 2 aliphatic rings. The summed E-state index contributed by atoms with van der Waals surface area (Å²) in [4.78, 5) is 72.0. The number of anilines is 1. The van der Waals surface area contributed by atoms with Crippen molar-refractivity contribution in [1.82, 2.24) is 14.7 Å². The first-order valence-corrected chi connectivity index (χ1v) is 18.3. The first-order chi connectivity index (χ1) is 25.6. The molecule has 4 aromatic rings. The lowest BCUT2D eigenvalue weighted by Crippen LogP contribution is -2.52. The van der Waals surface area contributed by atoms with Crippen molar-refractivity contribution >= 4 is 57.6 Å². The fraction of sp³-hybridized carbons (Fsp3) is 0.341. The molecule has 276 valence electrons. The van der Waals surface area contributed by atoms with Crippen LogP contribution in [0.15, 0.2) is 91.0 Å². The van der Waals surface area contributed by atoms with Crippen molar-refractivity contribution in [2.24, 2.45) is 5.73 Å². The molecule has 2 fully saturated rings. The third kappa shape index (κ3) is 9.04. The van der Waals surface area contributed by atoms with Crippen molar-refractivity contribution in [2.75, 3.05) is 38.2 Å². The van der Waals surface area contributed by atoms with E-state index in [2.05, 4.69) is 5.32 Å². The van der Waals surface area contributed by atoms with Crippen molar-refractivity contribution in [3.05, 3.63) is 113 Å². The number of benzene rings is 4. The Balaban J connectivity index is 1.19. The summed E-state index contributed by atoms with van der Waals surface area (Å²) in [5.74, 6) is -1.66. The number of rotatable bonds is 11. The van der Waals surface area contributed by atoms with Gasteiger partial charge in [0.1, 0.15) is 12.1 Å². The quantitative estimate of drug-likeness (QED) is 0.224. The third-order valence-corrected chi connectivity index (χ3v) is 10.3. The van der Waals surface area contributed by atoms with E-state index < -0.39 is 23.9 Å². The molecule has 0 saturated carbocycles. The molecule has 11 nitrogen and oxygen atoms in total. The highest BCUT2D eigenvalue weighted by Crippen LogP contribution is 2.34. The number of fused-ring (bicyclic) bond motifs is 1. The second-order valence-corrected chi connectivity index (χ2v) is 14.0. The van der Waals surface area contributed by atoms with E-state index in [9.17, 15) is 24.0 Å². The van der Waals surface area contributed by atoms with Crippen LogP contribution < -0.4 is 11.1 Å². The van der Waals surface area contributed by atoms with Gasteiger partial charge in [0, 0.05) is 55.6 Å². The summed E-state index contributed by atoms with van der Waals surface area (Å²) in [6.45, 7) is 4.19. The second kappa shape index (κ2) is 17.0. The van der Waals surface area contributed by atoms with Gasteiger partial charge in [-0.2, -0.15) is 0 Å². The predicted molar refractivity (Wildman–Crippen MR) is 203 cm³/mol. The predicted octanol–water partition coefficient (Wildman–Crippen LogP) is 4.90. The molecule has 12 heteroatoms. The van der Waals surface area contributed by atoms with Gasteiger partial charge in [0.2, 0.25) is 23.6 Å². The SMILES string of the molecule is C[C@@H]1CCN([C@H](Cc2cccc3ccccc23)C(N)=O)C(=O)[C@H](c2cccc(Cl)c2)N1C(=O)Cc1ccc(NC(=O)CCC(=O)N2CCOCC2)cc1. The van der Waals surface area contributed by atoms with Crippen molar-refractivity contribution in [3.63, 3.8) is 0 Å². The Morgan fingerprint density at radius 2 is 1.60 bits per heavy atom. The summed E-state index contributed by atoms with van der Waals surface area (Å²) in [5, 5.41) is 5.23. The van der Waals surface area contributed by atoms with Crippen molar-refractivity contribution in [3.8, 4) is 0 Å². The van der Waals surface area contributed by atoms with E-state index in [1.807, 2.05) is 49.4 Å². The number of ether oxygens (including phenoxy) is 1. The van der Waals surface area contributed by atoms with Gasteiger partial charge in [-0.25, -0.2) is 0 Å². The Bertz CT molecular complexity index is 1980. The Labute approximate surface area is 314 Å². The van der Waals surface area contributed by atoms with Crippen LogP contribution in [0.1, 0.15) is 48.9 Å². The first kappa shape index (κ1) is 37.5. The number of nitrogens with one attached hydrogen (secondary N) is 1. The van der Waals surface area contributed by atoms with Crippen molar-refractivity contribution in [2.45, 2.75) is 57.2 Å². The number of nitrogens with two attached hydrogens (primary N) is 1. The molecule has 0 unspecified atom stereocenters. The van der Waals surface area contributed by atoms with Gasteiger partial charge in [-0.15, -0.1) is 0 Å². The molecule has 3 atom stereocenters. The molecule has 0 radical (unpaired) electrons. The lowest BCUT2D eigenvalue weighted by Gasteiger charge is -2.36. The van der Waals surface area contributed by atoms with Crippen LogP contribution in [-0.4, -0.2) is 89.2 Å². The molecule has 0 spiro atoms. The number of nitrogens with zero attached hydrogens (tertiary/aromatic N) is 3. The zero-order valence-corrected chi connectivity index (χ0v) is 30.5. The summed E-state index contributed by atoms with van der Waals surface area (Å²) in [7, 11) is 0. The maximum absolute atomic E-state index is 14.7. The maximum atomic E-state index is 14.7. The maximum Gasteiger partial charge on any atom is 0.250 e. The highest BCUT2D eigenvalue weighted by Gasteiger charge is 2.43. The highest BCUT2D eigenvalue weighted by atomic mass is 35.5. The normalized spacial score (nSPS) is 18.4. The molecule has 2 saturated heterocycles. The van der Waals surface area contributed by atoms with Crippen molar-refractivity contribution in [1.29, 1.82) is 0 Å². The van der Waals surface area contributed by atoms with Crippen LogP contribution in [-0.2, 0) is 41.6 Å². The molecular weight excluding hydrogens is 694 g/mol. The Kier molecular flexibility index (Phi) is 12.1. The van der Waals surface area contributed by atoms with E-state index in [4.69, 9.17) is 22.1 Å². The lowest BCUT2D eigenvalue weighted by molar-refractivity contribution is -0.148. The second-order valence-electron chi connectivity index (χ2n) is 13.6. The van der Waals surface area contributed by atoms with Crippen LogP contribution in [0.5, 0.6) is 0 Å². The molecule has 0 aromatic heterocycles. The number of morpholine rings is 1. The van der Waals surface area contributed by atoms with Gasteiger partial charge in [-0.05, 0) is 65.1 Å². The Morgan fingerprint density at radius 1 is 0.887 bits per heavy atom. The number of carbonyl (C=O) groups excluding carboxylic acids is 5. The smallest absolute Gasteiger partial charge is 0.250 e. The van der Waals surface area contributed by atoms with Crippen LogP contribution in [0.4, 0.5) is 5.69 Å². The molecule has 5 amide bonds. The Morgan fingerprint density at radius 3 is 2.34 bits per heavy atom. The topological polar surface area (TPSA) is 142 Å². The van der Waals surface area contributed by atoms with Crippen LogP contribution in [0.3, 0.4) is 0 Å². The molecular formula is C41H44ClN5O6. The van der Waals surface area contributed by atoms with Crippen molar-refractivity contribution < 1.29 is 28.7 Å². The Hall–Kier alpha value is -5.26. The zero-order valence-electron chi connectivity index (χ0n) is 29.7. The number of primary amides is 1. The average molecular weight is 738 g/mol. The highest BCUT2D eigenvalue weighted by molar-refractivity contribution is 6.30. The number of hydrogen-bond acceptors (Lipinski definition) is 6. The number of amides is 5. The summed E-state index contributed by atoms with van der Waals surface area (Å²) < 4.78 is 5.28. The molecule has 2 heterocycles. The average Bonchev–Trinajstić information content (AvgIpc) is 3.29. The summed E-state index contributed by atoms with van der Waals surface area (Å²) in [6, 6.07) is 25.2. The minimum atomic E-state index is -1.05. The van der Waals surface area contributed by atoms with E-state index in [0.717, 1.165) is 16.3 Å². The molecule has 2 aliphatic heterocycles. The van der Waals surface area contributed by atoms with E-state index in [1.54, 1.807) is 58.3 Å². The van der Waals surface area contributed by atoms with Gasteiger partial charge in [-0.3, -0.25) is 24.0 Å². The van der Waals surface area contributed by atoms with Crippen LogP contribution in [0.2, 0.25) is 5.02 Å². The van der Waals surface area contributed by atoms with E-state index in [-0.39, 0.29) is 56.0 Å². The lowest BCUT2D eigenvalue weighted by atomic mass is 9.96. The van der Waals surface area contributed by atoms with Gasteiger partial charge in [0.15, 0.2) is 0 Å². The van der Waals surface area contributed by atoms with Crippen LogP contribution >= 0.6 is 11.6 Å². The van der Waals surface area contributed by atoms with Gasteiger partial charge in [0.25, 0.3) is 5.91 Å². The van der Waals surface area contributed by atoms with E-state index in [0.29, 0.717) is 54.6 Å². The summed E-state index contributed by atoms with van der Waals surface area (Å²) in [5.41, 5.74) is 8.69. The standard InChI is InChI=1S/C41H44ClN5O6/c1-27-18-19-46(35(40(43)51)26-30-8-4-7-29-6-2-3-11-34(29)30)41(52)39(31-9-5-10-32(42)25-31)47(27)38(50)24-28-12-14-33(15-13-28)44-36(48)16-17-37(49)45-20-22-53-23-21-45/h2-15,25,27,35,39H,16-24,26H2,1H3,(H2,43,51)(H,44,48)/t27-,35-,39+/m1/s1. The number of carbonyl (C=O) groups is 5. The largest absolute Gasteiger partial charge is 0.378 e. The number of hydrogen-bond donors (Lipinski definition) is 2. The zero-order chi connectivity index (χ0) is 37.5. The molecule has 3 N–H and O–H groups in total.